The predicted octanol–water partition coefficient (Wildman–Crippen LogP) is 5.03. The summed E-state index contributed by atoms with van der Waals surface area (Å²) in [7, 11) is 0. The maximum Gasteiger partial charge on any atom is 0.100 e. The van der Waals surface area contributed by atoms with E-state index >= 15 is 0 Å². The van der Waals surface area contributed by atoms with E-state index in [1.165, 1.54) is 25.7 Å². The van der Waals surface area contributed by atoms with E-state index in [0.717, 1.165) is 22.9 Å². The van der Waals surface area contributed by atoms with Crippen molar-refractivity contribution in [3.05, 3.63) is 33.8 Å². The number of rotatable bonds is 5. The molecule has 0 N–H and O–H groups in total. The summed E-state index contributed by atoms with van der Waals surface area (Å²) in [5, 5.41) is 8.98. The molecule has 0 aliphatic rings. The maximum absolute atomic E-state index is 8.98. The molecule has 1 aromatic rings. The van der Waals surface area contributed by atoms with Crippen molar-refractivity contribution < 1.29 is 0 Å². The molecular weight excluding hydrogens is 286 g/mol. The second kappa shape index (κ2) is 8.78. The van der Waals surface area contributed by atoms with Crippen LogP contribution in [0.1, 0.15) is 56.6 Å². The zero-order chi connectivity index (χ0) is 13.2. The minimum absolute atomic E-state index is 0.650. The average molecular weight is 304 g/mol. The molecule has 0 atom stereocenters. The summed E-state index contributed by atoms with van der Waals surface area (Å²) in [4.78, 5) is 0. The Balaban J connectivity index is 2.48. The Labute approximate surface area is 118 Å². The van der Waals surface area contributed by atoms with E-state index in [9.17, 15) is 0 Å². The third-order valence-electron chi connectivity index (χ3n) is 2.73. The van der Waals surface area contributed by atoms with Crippen molar-refractivity contribution in [3.63, 3.8) is 0 Å². The molecule has 0 fully saturated rings. The van der Waals surface area contributed by atoms with Crippen molar-refractivity contribution >= 4 is 15.9 Å². The van der Waals surface area contributed by atoms with Crippen molar-refractivity contribution in [2.75, 3.05) is 0 Å². The van der Waals surface area contributed by atoms with Crippen LogP contribution in [0.4, 0.5) is 0 Å². The van der Waals surface area contributed by atoms with Gasteiger partial charge in [-0.05, 0) is 24.6 Å². The monoisotopic (exact) mass is 303 g/mol. The third-order valence-corrected chi connectivity index (χ3v) is 3.22. The van der Waals surface area contributed by atoms with Crippen LogP contribution in [0.2, 0.25) is 0 Å². The molecule has 18 heavy (non-hydrogen) atoms. The Hall–Kier alpha value is -1.25. The van der Waals surface area contributed by atoms with Gasteiger partial charge in [0.1, 0.15) is 6.07 Å². The van der Waals surface area contributed by atoms with Crippen molar-refractivity contribution in [1.29, 1.82) is 5.26 Å². The summed E-state index contributed by atoms with van der Waals surface area (Å²) < 4.78 is 0.966. The van der Waals surface area contributed by atoms with Gasteiger partial charge in [0.25, 0.3) is 0 Å². The van der Waals surface area contributed by atoms with E-state index < -0.39 is 0 Å². The molecule has 0 amide bonds. The number of halogens is 1. The van der Waals surface area contributed by atoms with Gasteiger partial charge in [-0.1, -0.05) is 60.4 Å². The van der Waals surface area contributed by atoms with Crippen LogP contribution in [0, 0.1) is 23.2 Å². The molecule has 0 unspecified atom stereocenters. The lowest BCUT2D eigenvalue weighted by Crippen LogP contribution is -1.83. The highest BCUT2D eigenvalue weighted by molar-refractivity contribution is 9.10. The van der Waals surface area contributed by atoms with Crippen LogP contribution in [-0.4, -0.2) is 0 Å². The average Bonchev–Trinajstić information content (AvgIpc) is 2.38. The Morgan fingerprint density at radius 2 is 1.89 bits per heavy atom. The van der Waals surface area contributed by atoms with E-state index in [4.69, 9.17) is 5.26 Å². The molecule has 94 valence electrons. The first-order valence-corrected chi connectivity index (χ1v) is 7.25. The zero-order valence-corrected chi connectivity index (χ0v) is 12.4. The lowest BCUT2D eigenvalue weighted by molar-refractivity contribution is 0.641. The van der Waals surface area contributed by atoms with Gasteiger partial charge in [0.15, 0.2) is 0 Å². The Bertz CT molecular complexity index is 474. The van der Waals surface area contributed by atoms with Crippen LogP contribution in [0.3, 0.4) is 0 Å². The van der Waals surface area contributed by atoms with Gasteiger partial charge >= 0.3 is 0 Å². The molecule has 1 rings (SSSR count). The number of hydrogen-bond acceptors (Lipinski definition) is 1. The third kappa shape index (κ3) is 5.39. The van der Waals surface area contributed by atoms with E-state index in [0.29, 0.717) is 5.56 Å². The van der Waals surface area contributed by atoms with Gasteiger partial charge in [0.05, 0.1) is 5.56 Å². The molecule has 0 saturated heterocycles. The van der Waals surface area contributed by atoms with E-state index in [2.05, 4.69) is 40.8 Å². The molecule has 0 aliphatic carbocycles. The molecule has 0 bridgehead atoms. The summed E-state index contributed by atoms with van der Waals surface area (Å²) in [5.41, 5.74) is 1.47. The zero-order valence-electron chi connectivity index (χ0n) is 10.8. The summed E-state index contributed by atoms with van der Waals surface area (Å²) >= 11 is 3.40. The van der Waals surface area contributed by atoms with Gasteiger partial charge in [-0.25, -0.2) is 0 Å². The smallest absolute Gasteiger partial charge is 0.100 e. The lowest BCUT2D eigenvalue weighted by atomic mass is 10.1. The standard InChI is InChI=1S/C16H18BrN/c1-2-3-4-5-6-7-8-9-14-12-16(17)11-10-15(14)13-18/h10-12H,2-7H2,1H3. The van der Waals surface area contributed by atoms with Gasteiger partial charge in [0, 0.05) is 16.5 Å². The van der Waals surface area contributed by atoms with Crippen molar-refractivity contribution in [2.45, 2.75) is 45.4 Å². The fourth-order valence-corrected chi connectivity index (χ4v) is 2.05. The van der Waals surface area contributed by atoms with Crippen molar-refractivity contribution in [1.82, 2.24) is 0 Å². The largest absolute Gasteiger partial charge is 0.192 e. The van der Waals surface area contributed by atoms with Gasteiger partial charge in [0.2, 0.25) is 0 Å². The van der Waals surface area contributed by atoms with Crippen LogP contribution in [0.5, 0.6) is 0 Å². The molecule has 2 heteroatoms. The lowest BCUT2D eigenvalue weighted by Gasteiger charge is -1.96. The van der Waals surface area contributed by atoms with Crippen molar-refractivity contribution in [2.24, 2.45) is 0 Å². The molecule has 1 aromatic carbocycles. The fraction of sp³-hybridized carbons (Fsp3) is 0.438. The Morgan fingerprint density at radius 3 is 2.61 bits per heavy atom. The van der Waals surface area contributed by atoms with E-state index in [1.54, 1.807) is 6.07 Å². The first-order valence-electron chi connectivity index (χ1n) is 6.46. The number of benzene rings is 1. The van der Waals surface area contributed by atoms with Gasteiger partial charge in [-0.3, -0.25) is 0 Å². The van der Waals surface area contributed by atoms with Crippen LogP contribution in [0.25, 0.3) is 0 Å². The highest BCUT2D eigenvalue weighted by atomic mass is 79.9. The first kappa shape index (κ1) is 14.8. The predicted molar refractivity (Wildman–Crippen MR) is 79.1 cm³/mol. The van der Waals surface area contributed by atoms with Crippen LogP contribution >= 0.6 is 15.9 Å². The SMILES string of the molecule is CCCCCCCC#Cc1cc(Br)ccc1C#N. The van der Waals surface area contributed by atoms with Crippen LogP contribution in [-0.2, 0) is 0 Å². The molecule has 0 aromatic heterocycles. The van der Waals surface area contributed by atoms with Crippen LogP contribution in [0.15, 0.2) is 22.7 Å². The highest BCUT2D eigenvalue weighted by Gasteiger charge is 1.98. The topological polar surface area (TPSA) is 23.8 Å². The minimum Gasteiger partial charge on any atom is -0.192 e. The molecular formula is C16H18BrN. The van der Waals surface area contributed by atoms with Crippen LogP contribution < -0.4 is 0 Å². The Kier molecular flexibility index (Phi) is 7.23. The first-order chi connectivity index (χ1) is 8.77. The molecule has 0 radical (unpaired) electrons. The summed E-state index contributed by atoms with van der Waals surface area (Å²) in [6, 6.07) is 7.74. The second-order valence-electron chi connectivity index (χ2n) is 4.27. The van der Waals surface area contributed by atoms with Gasteiger partial charge in [-0.2, -0.15) is 5.26 Å². The number of nitrogens with zero attached hydrogens (tertiary/aromatic N) is 1. The normalized spacial score (nSPS) is 9.39. The van der Waals surface area contributed by atoms with E-state index in [1.807, 2.05) is 12.1 Å². The summed E-state index contributed by atoms with van der Waals surface area (Å²) in [5.74, 6) is 6.25. The quantitative estimate of drug-likeness (QED) is 0.552. The molecule has 0 aliphatic heterocycles. The molecule has 1 nitrogen and oxygen atoms in total. The maximum atomic E-state index is 8.98. The number of hydrogen-bond donors (Lipinski definition) is 0. The summed E-state index contributed by atoms with van der Waals surface area (Å²) in [6.07, 6.45) is 7.22. The van der Waals surface area contributed by atoms with Gasteiger partial charge in [-0.15, -0.1) is 0 Å². The highest BCUT2D eigenvalue weighted by Crippen LogP contribution is 2.15. The van der Waals surface area contributed by atoms with Crippen molar-refractivity contribution in [3.8, 4) is 17.9 Å². The number of nitriles is 1. The molecule has 0 spiro atoms. The van der Waals surface area contributed by atoms with Gasteiger partial charge < -0.3 is 0 Å². The fourth-order valence-electron chi connectivity index (χ4n) is 1.69. The summed E-state index contributed by atoms with van der Waals surface area (Å²) in [6.45, 7) is 2.22. The van der Waals surface area contributed by atoms with E-state index in [-0.39, 0.29) is 0 Å². The second-order valence-corrected chi connectivity index (χ2v) is 5.18. The Morgan fingerprint density at radius 1 is 1.11 bits per heavy atom. The number of unbranched alkanes of at least 4 members (excludes halogenated alkanes) is 5. The molecule has 0 heterocycles. The molecule has 0 saturated carbocycles. The minimum atomic E-state index is 0.650.